The molecule has 7 heteroatoms. The zero-order valence-corrected chi connectivity index (χ0v) is 17.2. The lowest BCUT2D eigenvalue weighted by Gasteiger charge is -2.10. The highest BCUT2D eigenvalue weighted by Gasteiger charge is 2.10. The zero-order valence-electron chi connectivity index (χ0n) is 15.6. The first kappa shape index (κ1) is 20.4. The van der Waals surface area contributed by atoms with Gasteiger partial charge in [0.1, 0.15) is 11.5 Å². The number of carbonyl (C=O) groups is 2. The fraction of sp³-hybridized carbons (Fsp3) is 0.0909. The fourth-order valence-electron chi connectivity index (χ4n) is 2.57. The van der Waals surface area contributed by atoms with Gasteiger partial charge in [0.25, 0.3) is 11.8 Å². The van der Waals surface area contributed by atoms with Gasteiger partial charge in [-0.3, -0.25) is 20.4 Å². The second kappa shape index (κ2) is 9.75. The lowest BCUT2D eigenvalue weighted by Crippen LogP contribution is -2.43. The van der Waals surface area contributed by atoms with Crippen LogP contribution in [0.5, 0.6) is 11.5 Å². The van der Waals surface area contributed by atoms with Crippen LogP contribution in [0.2, 0.25) is 0 Å². The number of carbonyl (C=O) groups excluding carboxylic acids is 2. The Bertz CT molecular complexity index is 991. The molecule has 0 bridgehead atoms. The van der Waals surface area contributed by atoms with Crippen molar-refractivity contribution >= 4 is 27.7 Å². The van der Waals surface area contributed by atoms with Crippen LogP contribution in [0.3, 0.4) is 0 Å². The van der Waals surface area contributed by atoms with Crippen LogP contribution in [0, 0.1) is 0 Å². The van der Waals surface area contributed by atoms with E-state index in [-0.39, 0.29) is 6.61 Å². The summed E-state index contributed by atoms with van der Waals surface area (Å²) in [5.41, 5.74) is 7.20. The van der Waals surface area contributed by atoms with E-state index in [1.165, 1.54) is 7.11 Å². The summed E-state index contributed by atoms with van der Waals surface area (Å²) >= 11 is 3.31. The number of rotatable bonds is 6. The summed E-state index contributed by atoms with van der Waals surface area (Å²) in [6.07, 6.45) is 0. The standard InChI is InChI=1S/C22H19BrN2O4/c1-28-20-12-9-17(13-19(20)23)22(27)25-24-21(26)14-29-18-10-7-16(8-11-18)15-5-3-2-4-6-15/h2-13H,14H2,1H3,(H,24,26)(H,25,27). The van der Waals surface area contributed by atoms with Gasteiger partial charge in [0.15, 0.2) is 6.61 Å². The molecule has 3 rings (SSSR count). The van der Waals surface area contributed by atoms with Crippen molar-refractivity contribution < 1.29 is 19.1 Å². The van der Waals surface area contributed by atoms with E-state index in [2.05, 4.69) is 26.8 Å². The van der Waals surface area contributed by atoms with E-state index in [0.717, 1.165) is 11.1 Å². The normalized spacial score (nSPS) is 10.1. The van der Waals surface area contributed by atoms with Gasteiger partial charge in [-0.2, -0.15) is 0 Å². The first-order chi connectivity index (χ1) is 14.1. The average Bonchev–Trinajstić information content (AvgIpc) is 2.77. The van der Waals surface area contributed by atoms with E-state index < -0.39 is 11.8 Å². The summed E-state index contributed by atoms with van der Waals surface area (Å²) in [5.74, 6) is 0.245. The molecule has 0 aliphatic heterocycles. The van der Waals surface area contributed by atoms with Crippen LogP contribution < -0.4 is 20.3 Å². The lowest BCUT2D eigenvalue weighted by atomic mass is 10.1. The lowest BCUT2D eigenvalue weighted by molar-refractivity contribution is -0.123. The Morgan fingerprint density at radius 2 is 1.59 bits per heavy atom. The molecular formula is C22H19BrN2O4. The van der Waals surface area contributed by atoms with Crippen molar-refractivity contribution in [2.75, 3.05) is 13.7 Å². The van der Waals surface area contributed by atoms with Crippen molar-refractivity contribution in [2.24, 2.45) is 0 Å². The predicted molar refractivity (Wildman–Crippen MR) is 114 cm³/mol. The first-order valence-corrected chi connectivity index (χ1v) is 9.57. The number of amides is 2. The van der Waals surface area contributed by atoms with E-state index in [0.29, 0.717) is 21.5 Å². The molecule has 0 saturated carbocycles. The number of nitrogens with one attached hydrogen (secondary N) is 2. The highest BCUT2D eigenvalue weighted by molar-refractivity contribution is 9.10. The molecule has 0 fully saturated rings. The van der Waals surface area contributed by atoms with Crippen molar-refractivity contribution in [1.82, 2.24) is 10.9 Å². The molecule has 2 amide bonds. The smallest absolute Gasteiger partial charge is 0.276 e. The predicted octanol–water partition coefficient (Wildman–Crippen LogP) is 3.96. The minimum Gasteiger partial charge on any atom is -0.496 e. The molecule has 0 aliphatic carbocycles. The Balaban J connectivity index is 1.47. The minimum absolute atomic E-state index is 0.225. The van der Waals surface area contributed by atoms with Gasteiger partial charge in [-0.25, -0.2) is 0 Å². The number of halogens is 1. The van der Waals surface area contributed by atoms with E-state index in [1.54, 1.807) is 30.3 Å². The summed E-state index contributed by atoms with van der Waals surface area (Å²) in [4.78, 5) is 24.0. The number of hydrogen-bond acceptors (Lipinski definition) is 4. The number of ether oxygens (including phenoxy) is 2. The topological polar surface area (TPSA) is 76.7 Å². The second-order valence-corrected chi connectivity index (χ2v) is 6.89. The molecule has 3 aromatic rings. The van der Waals surface area contributed by atoms with E-state index in [4.69, 9.17) is 9.47 Å². The average molecular weight is 455 g/mol. The van der Waals surface area contributed by atoms with Crippen LogP contribution in [0.1, 0.15) is 10.4 Å². The van der Waals surface area contributed by atoms with Crippen LogP contribution in [0.15, 0.2) is 77.3 Å². The van der Waals surface area contributed by atoms with Gasteiger partial charge >= 0.3 is 0 Å². The number of benzene rings is 3. The van der Waals surface area contributed by atoms with Crippen LogP contribution >= 0.6 is 15.9 Å². The van der Waals surface area contributed by atoms with E-state index in [9.17, 15) is 9.59 Å². The summed E-state index contributed by atoms with van der Waals surface area (Å²) in [6.45, 7) is -0.225. The Hall–Kier alpha value is -3.32. The monoisotopic (exact) mass is 454 g/mol. The maximum atomic E-state index is 12.1. The highest BCUT2D eigenvalue weighted by atomic mass is 79.9. The molecule has 0 aromatic heterocycles. The van der Waals surface area contributed by atoms with E-state index >= 15 is 0 Å². The van der Waals surface area contributed by atoms with Crippen molar-refractivity contribution in [1.29, 1.82) is 0 Å². The third-order valence-corrected chi connectivity index (χ3v) is 4.68. The van der Waals surface area contributed by atoms with Crippen LogP contribution in [-0.2, 0) is 4.79 Å². The summed E-state index contributed by atoms with van der Waals surface area (Å²) in [5, 5.41) is 0. The molecule has 6 nitrogen and oxygen atoms in total. The van der Waals surface area contributed by atoms with Crippen molar-refractivity contribution in [3.8, 4) is 22.6 Å². The molecule has 0 spiro atoms. The van der Waals surface area contributed by atoms with Crippen molar-refractivity contribution in [3.63, 3.8) is 0 Å². The van der Waals surface area contributed by atoms with Gasteiger partial charge in [-0.05, 0) is 57.4 Å². The summed E-state index contributed by atoms with van der Waals surface area (Å²) in [6, 6.07) is 22.2. The molecule has 0 heterocycles. The second-order valence-electron chi connectivity index (χ2n) is 6.03. The van der Waals surface area contributed by atoms with Crippen LogP contribution in [-0.4, -0.2) is 25.5 Å². The van der Waals surface area contributed by atoms with Gasteiger partial charge < -0.3 is 9.47 Å². The quantitative estimate of drug-likeness (QED) is 0.552. The SMILES string of the molecule is COc1ccc(C(=O)NNC(=O)COc2ccc(-c3ccccc3)cc2)cc1Br. The molecule has 29 heavy (non-hydrogen) atoms. The van der Waals surface area contributed by atoms with Gasteiger partial charge in [-0.15, -0.1) is 0 Å². The first-order valence-electron chi connectivity index (χ1n) is 8.78. The minimum atomic E-state index is -0.474. The Labute approximate surface area is 176 Å². The molecule has 0 atom stereocenters. The zero-order chi connectivity index (χ0) is 20.6. The largest absolute Gasteiger partial charge is 0.496 e. The number of hydrazine groups is 1. The maximum absolute atomic E-state index is 12.1. The number of methoxy groups -OCH3 is 1. The maximum Gasteiger partial charge on any atom is 0.276 e. The van der Waals surface area contributed by atoms with Gasteiger partial charge in [0, 0.05) is 5.56 Å². The van der Waals surface area contributed by atoms with Crippen LogP contribution in [0.25, 0.3) is 11.1 Å². The molecule has 0 saturated heterocycles. The molecule has 0 aliphatic rings. The fourth-order valence-corrected chi connectivity index (χ4v) is 3.11. The molecule has 3 aromatic carbocycles. The molecule has 0 radical (unpaired) electrons. The summed E-state index contributed by atoms with van der Waals surface area (Å²) in [7, 11) is 1.54. The van der Waals surface area contributed by atoms with E-state index in [1.807, 2.05) is 42.5 Å². The Morgan fingerprint density at radius 1 is 0.897 bits per heavy atom. The number of hydrogen-bond donors (Lipinski definition) is 2. The Morgan fingerprint density at radius 3 is 2.24 bits per heavy atom. The third kappa shape index (κ3) is 5.58. The van der Waals surface area contributed by atoms with Gasteiger partial charge in [0.05, 0.1) is 11.6 Å². The third-order valence-electron chi connectivity index (χ3n) is 4.06. The summed E-state index contributed by atoms with van der Waals surface area (Å²) < 4.78 is 11.2. The Kier molecular flexibility index (Phi) is 6.86. The highest BCUT2D eigenvalue weighted by Crippen LogP contribution is 2.25. The van der Waals surface area contributed by atoms with Gasteiger partial charge in [-0.1, -0.05) is 42.5 Å². The van der Waals surface area contributed by atoms with Crippen molar-refractivity contribution in [3.05, 3.63) is 82.8 Å². The molecule has 0 unspecified atom stereocenters. The molecule has 148 valence electrons. The molecule has 2 N–H and O–H groups in total. The van der Waals surface area contributed by atoms with Gasteiger partial charge in [0.2, 0.25) is 0 Å². The molecular weight excluding hydrogens is 436 g/mol. The van der Waals surface area contributed by atoms with Crippen LogP contribution in [0.4, 0.5) is 0 Å². The van der Waals surface area contributed by atoms with Crippen molar-refractivity contribution in [2.45, 2.75) is 0 Å².